The number of carbonyl (C=O) groups is 1. The Morgan fingerprint density at radius 2 is 1.83 bits per heavy atom. The molecule has 0 saturated carbocycles. The highest BCUT2D eigenvalue weighted by molar-refractivity contribution is 6.03. The molecule has 0 aliphatic carbocycles. The first-order valence-corrected chi connectivity index (χ1v) is 9.53. The molecule has 30 heavy (non-hydrogen) atoms. The lowest BCUT2D eigenvalue weighted by Gasteiger charge is -2.28. The lowest BCUT2D eigenvalue weighted by molar-refractivity contribution is 0.0944. The molecular formula is C22H25F2NO5. The number of aliphatic hydroxyl groups is 1. The van der Waals surface area contributed by atoms with Crippen molar-refractivity contribution in [2.45, 2.75) is 24.3 Å². The SMILES string of the molecule is COc1ccc(C(=O)C2CC(CCO)(c3ccc(F)c(F)c3)CN2)c(OC)c1OC. The van der Waals surface area contributed by atoms with Crippen LogP contribution in [-0.4, -0.2) is 51.4 Å². The predicted octanol–water partition coefficient (Wildman–Crippen LogP) is 2.86. The maximum atomic E-state index is 13.8. The van der Waals surface area contributed by atoms with E-state index in [1.165, 1.54) is 27.4 Å². The summed E-state index contributed by atoms with van der Waals surface area (Å²) in [5.41, 5.74) is 0.156. The molecule has 1 aliphatic heterocycles. The van der Waals surface area contributed by atoms with Gasteiger partial charge in [-0.25, -0.2) is 8.78 Å². The van der Waals surface area contributed by atoms with E-state index in [0.717, 1.165) is 12.1 Å². The van der Waals surface area contributed by atoms with Gasteiger partial charge in [-0.05, 0) is 42.7 Å². The third kappa shape index (κ3) is 3.85. The molecule has 2 aromatic rings. The molecule has 1 heterocycles. The first kappa shape index (κ1) is 22.0. The van der Waals surface area contributed by atoms with Crippen LogP contribution in [-0.2, 0) is 5.41 Å². The van der Waals surface area contributed by atoms with Gasteiger partial charge in [0, 0.05) is 18.6 Å². The van der Waals surface area contributed by atoms with E-state index >= 15 is 0 Å². The maximum Gasteiger partial charge on any atom is 0.204 e. The minimum absolute atomic E-state index is 0.152. The Morgan fingerprint density at radius 3 is 2.43 bits per heavy atom. The fourth-order valence-corrected chi connectivity index (χ4v) is 4.12. The summed E-state index contributed by atoms with van der Waals surface area (Å²) >= 11 is 0. The molecule has 2 atom stereocenters. The van der Waals surface area contributed by atoms with Gasteiger partial charge >= 0.3 is 0 Å². The van der Waals surface area contributed by atoms with Crippen LogP contribution in [0.25, 0.3) is 0 Å². The average Bonchev–Trinajstić information content (AvgIpc) is 3.19. The van der Waals surface area contributed by atoms with Crippen molar-refractivity contribution in [1.82, 2.24) is 5.32 Å². The molecule has 3 rings (SSSR count). The number of rotatable bonds is 8. The maximum absolute atomic E-state index is 13.8. The van der Waals surface area contributed by atoms with Crippen LogP contribution in [0.4, 0.5) is 8.78 Å². The van der Waals surface area contributed by atoms with E-state index in [0.29, 0.717) is 42.0 Å². The summed E-state index contributed by atoms with van der Waals surface area (Å²) in [5, 5.41) is 12.8. The number of hydrogen-bond donors (Lipinski definition) is 2. The van der Waals surface area contributed by atoms with Gasteiger partial charge in [0.25, 0.3) is 0 Å². The summed E-state index contributed by atoms with van der Waals surface area (Å²) in [6.45, 7) is 0.186. The van der Waals surface area contributed by atoms with Gasteiger partial charge in [0.15, 0.2) is 28.9 Å². The fourth-order valence-electron chi connectivity index (χ4n) is 4.12. The summed E-state index contributed by atoms with van der Waals surface area (Å²) < 4.78 is 43.3. The van der Waals surface area contributed by atoms with E-state index < -0.39 is 23.1 Å². The summed E-state index contributed by atoms with van der Waals surface area (Å²) in [4.78, 5) is 13.3. The zero-order valence-electron chi connectivity index (χ0n) is 17.1. The molecule has 0 aromatic heterocycles. The van der Waals surface area contributed by atoms with E-state index in [2.05, 4.69) is 5.32 Å². The molecule has 1 aliphatic rings. The zero-order chi connectivity index (χ0) is 21.9. The van der Waals surface area contributed by atoms with Crippen LogP contribution in [0, 0.1) is 11.6 Å². The third-order valence-electron chi connectivity index (χ3n) is 5.69. The Morgan fingerprint density at radius 1 is 1.10 bits per heavy atom. The number of Topliss-reactive ketones (excluding diaryl/α,β-unsaturated/α-hetero) is 1. The second-order valence-corrected chi connectivity index (χ2v) is 7.27. The van der Waals surface area contributed by atoms with Crippen molar-refractivity contribution in [2.24, 2.45) is 0 Å². The van der Waals surface area contributed by atoms with E-state index in [9.17, 15) is 18.7 Å². The van der Waals surface area contributed by atoms with Crippen molar-refractivity contribution in [3.05, 3.63) is 53.1 Å². The molecule has 1 saturated heterocycles. The van der Waals surface area contributed by atoms with Crippen LogP contribution >= 0.6 is 0 Å². The molecule has 2 unspecified atom stereocenters. The summed E-state index contributed by atoms with van der Waals surface area (Å²) in [6, 6.07) is 6.33. The zero-order valence-corrected chi connectivity index (χ0v) is 17.1. The Labute approximate surface area is 173 Å². The standard InChI is InChI=1S/C22H25F2NO5/c1-28-18-7-5-14(20(29-2)21(18)30-3)19(27)17-11-22(8-9-26,12-25-17)13-4-6-15(23)16(24)10-13/h4-7,10,17,25-26H,8-9,11-12H2,1-3H3. The highest BCUT2D eigenvalue weighted by Gasteiger charge is 2.43. The number of aliphatic hydroxyl groups excluding tert-OH is 1. The van der Waals surface area contributed by atoms with Crippen molar-refractivity contribution in [1.29, 1.82) is 0 Å². The van der Waals surface area contributed by atoms with Gasteiger partial charge in [-0.1, -0.05) is 6.07 Å². The van der Waals surface area contributed by atoms with Crippen molar-refractivity contribution >= 4 is 5.78 Å². The van der Waals surface area contributed by atoms with Gasteiger partial charge in [0.2, 0.25) is 5.75 Å². The van der Waals surface area contributed by atoms with Crippen LogP contribution in [0.1, 0.15) is 28.8 Å². The second kappa shape index (κ2) is 8.97. The highest BCUT2D eigenvalue weighted by Crippen LogP contribution is 2.42. The quantitative estimate of drug-likeness (QED) is 0.639. The third-order valence-corrected chi connectivity index (χ3v) is 5.69. The normalized spacial score (nSPS) is 20.8. The highest BCUT2D eigenvalue weighted by atomic mass is 19.2. The largest absolute Gasteiger partial charge is 0.493 e. The summed E-state index contributed by atoms with van der Waals surface area (Å²) in [6.07, 6.45) is 0.618. The first-order valence-electron chi connectivity index (χ1n) is 9.53. The van der Waals surface area contributed by atoms with Crippen LogP contribution in [0.2, 0.25) is 0 Å². The van der Waals surface area contributed by atoms with Gasteiger partial charge in [-0.2, -0.15) is 0 Å². The van der Waals surface area contributed by atoms with Crippen molar-refractivity contribution in [3.63, 3.8) is 0 Å². The van der Waals surface area contributed by atoms with E-state index in [1.54, 1.807) is 12.1 Å². The van der Waals surface area contributed by atoms with Crippen molar-refractivity contribution in [2.75, 3.05) is 34.5 Å². The Hall–Kier alpha value is -2.71. The lowest BCUT2D eigenvalue weighted by atomic mass is 9.75. The summed E-state index contributed by atoms with van der Waals surface area (Å²) in [7, 11) is 4.38. The van der Waals surface area contributed by atoms with Crippen molar-refractivity contribution < 1.29 is 32.9 Å². The molecule has 8 heteroatoms. The van der Waals surface area contributed by atoms with Crippen LogP contribution < -0.4 is 19.5 Å². The number of halogens is 2. The number of carbonyl (C=O) groups excluding carboxylic acids is 1. The Balaban J connectivity index is 1.94. The molecule has 2 aromatic carbocycles. The van der Waals surface area contributed by atoms with Gasteiger partial charge in [-0.15, -0.1) is 0 Å². The molecule has 6 nitrogen and oxygen atoms in total. The molecule has 2 N–H and O–H groups in total. The molecular weight excluding hydrogens is 396 g/mol. The Kier molecular flexibility index (Phi) is 6.58. The van der Waals surface area contributed by atoms with E-state index in [4.69, 9.17) is 14.2 Å². The topological polar surface area (TPSA) is 77.0 Å². The predicted molar refractivity (Wildman–Crippen MR) is 107 cm³/mol. The molecule has 162 valence electrons. The number of ketones is 1. The lowest BCUT2D eigenvalue weighted by Crippen LogP contribution is -2.31. The van der Waals surface area contributed by atoms with Gasteiger partial charge < -0.3 is 24.6 Å². The van der Waals surface area contributed by atoms with Crippen LogP contribution in [0.5, 0.6) is 17.2 Å². The van der Waals surface area contributed by atoms with Crippen LogP contribution in [0.15, 0.2) is 30.3 Å². The minimum Gasteiger partial charge on any atom is -0.493 e. The first-order chi connectivity index (χ1) is 14.4. The smallest absolute Gasteiger partial charge is 0.204 e. The van der Waals surface area contributed by atoms with Crippen LogP contribution in [0.3, 0.4) is 0 Å². The van der Waals surface area contributed by atoms with Gasteiger partial charge in [0.1, 0.15) is 0 Å². The average molecular weight is 421 g/mol. The van der Waals surface area contributed by atoms with Gasteiger partial charge in [0.05, 0.1) is 32.9 Å². The number of nitrogens with one attached hydrogen (secondary N) is 1. The number of hydrogen-bond acceptors (Lipinski definition) is 6. The fraction of sp³-hybridized carbons (Fsp3) is 0.409. The summed E-state index contributed by atoms with van der Waals surface area (Å²) in [5.74, 6) is -1.12. The monoisotopic (exact) mass is 421 g/mol. The molecule has 1 fully saturated rings. The minimum atomic E-state index is -0.957. The molecule has 0 amide bonds. The second-order valence-electron chi connectivity index (χ2n) is 7.27. The van der Waals surface area contributed by atoms with Gasteiger partial charge in [-0.3, -0.25) is 4.79 Å². The number of ether oxygens (including phenoxy) is 3. The molecule has 0 spiro atoms. The van der Waals surface area contributed by atoms with Crippen molar-refractivity contribution in [3.8, 4) is 17.2 Å². The Bertz CT molecular complexity index is 936. The molecule has 0 radical (unpaired) electrons. The molecule has 0 bridgehead atoms. The number of methoxy groups -OCH3 is 3. The van der Waals surface area contributed by atoms with E-state index in [-0.39, 0.29) is 18.1 Å². The number of benzene rings is 2. The van der Waals surface area contributed by atoms with E-state index in [1.807, 2.05) is 0 Å².